The second-order valence-electron chi connectivity index (χ2n) is 6.36. The number of fused-ring (bicyclic) bond motifs is 1. The maximum absolute atomic E-state index is 12.6. The predicted molar refractivity (Wildman–Crippen MR) is 90.6 cm³/mol. The number of carbonyl (C=O) groups excluding carboxylic acids is 1. The van der Waals surface area contributed by atoms with Gasteiger partial charge in [-0.3, -0.25) is 4.79 Å². The van der Waals surface area contributed by atoms with Gasteiger partial charge in [-0.1, -0.05) is 11.8 Å². The predicted octanol–water partition coefficient (Wildman–Crippen LogP) is 2.62. The van der Waals surface area contributed by atoms with Crippen LogP contribution in [0, 0.1) is 13.8 Å². The molecule has 0 N–H and O–H groups in total. The molecular formula is C16H23N5OS. The Labute approximate surface area is 140 Å². The molecule has 0 aromatic carbocycles. The fraction of sp³-hybridized carbons (Fsp3) is 0.625. The lowest BCUT2D eigenvalue weighted by Crippen LogP contribution is -2.48. The van der Waals surface area contributed by atoms with Crippen molar-refractivity contribution in [3.05, 3.63) is 17.5 Å². The molecule has 2 atom stereocenters. The minimum Gasteiger partial charge on any atom is -0.337 e. The highest BCUT2D eigenvalue weighted by atomic mass is 32.2. The summed E-state index contributed by atoms with van der Waals surface area (Å²) in [7, 11) is 0. The van der Waals surface area contributed by atoms with Crippen LogP contribution in [0.2, 0.25) is 0 Å². The summed E-state index contributed by atoms with van der Waals surface area (Å²) in [6, 6.07) is 2.62. The van der Waals surface area contributed by atoms with Crippen molar-refractivity contribution in [2.24, 2.45) is 0 Å². The van der Waals surface area contributed by atoms with E-state index in [2.05, 4.69) is 28.9 Å². The topological polar surface area (TPSA) is 63.4 Å². The second kappa shape index (κ2) is 6.47. The van der Waals surface area contributed by atoms with Gasteiger partial charge in [0.25, 0.3) is 5.78 Å². The number of aromatic nitrogens is 4. The average molecular weight is 333 g/mol. The first kappa shape index (κ1) is 16.2. The zero-order valence-electron chi connectivity index (χ0n) is 14.1. The molecule has 2 aromatic rings. The Hall–Kier alpha value is -1.63. The van der Waals surface area contributed by atoms with Crippen molar-refractivity contribution in [2.75, 3.05) is 5.75 Å². The van der Waals surface area contributed by atoms with Crippen molar-refractivity contribution >= 4 is 23.4 Å². The van der Waals surface area contributed by atoms with E-state index in [0.29, 0.717) is 28.8 Å². The average Bonchev–Trinajstić information content (AvgIpc) is 2.88. The van der Waals surface area contributed by atoms with Crippen molar-refractivity contribution in [3.63, 3.8) is 0 Å². The van der Waals surface area contributed by atoms with E-state index < -0.39 is 0 Å². The van der Waals surface area contributed by atoms with E-state index in [1.54, 1.807) is 4.52 Å². The monoisotopic (exact) mass is 333 g/mol. The van der Waals surface area contributed by atoms with Crippen LogP contribution < -0.4 is 0 Å². The van der Waals surface area contributed by atoms with Crippen LogP contribution in [0.4, 0.5) is 0 Å². The molecule has 1 aliphatic rings. The third-order valence-corrected chi connectivity index (χ3v) is 5.23. The van der Waals surface area contributed by atoms with Gasteiger partial charge >= 0.3 is 0 Å². The van der Waals surface area contributed by atoms with Crippen molar-refractivity contribution in [1.29, 1.82) is 0 Å². The number of nitrogens with zero attached hydrogens (tertiary/aromatic N) is 5. The SMILES string of the molecule is Cc1cc(C)n2nc(SCC(=O)N3[C@@H](C)CCC[C@@H]3C)nc2n1. The molecule has 3 heterocycles. The maximum atomic E-state index is 12.6. The zero-order valence-corrected chi connectivity index (χ0v) is 14.9. The van der Waals surface area contributed by atoms with Gasteiger partial charge in [-0.05, 0) is 53.0 Å². The summed E-state index contributed by atoms with van der Waals surface area (Å²) in [6.07, 6.45) is 3.39. The van der Waals surface area contributed by atoms with Gasteiger partial charge in [-0.15, -0.1) is 5.10 Å². The first-order chi connectivity index (χ1) is 11.0. The Kier molecular flexibility index (Phi) is 4.57. The molecule has 23 heavy (non-hydrogen) atoms. The van der Waals surface area contributed by atoms with Gasteiger partial charge in [0.1, 0.15) is 0 Å². The number of hydrogen-bond donors (Lipinski definition) is 0. The van der Waals surface area contributed by atoms with Crippen LogP contribution in [0.5, 0.6) is 0 Å². The molecule has 7 heteroatoms. The first-order valence-electron chi connectivity index (χ1n) is 8.10. The minimum atomic E-state index is 0.175. The highest BCUT2D eigenvalue weighted by Crippen LogP contribution is 2.24. The van der Waals surface area contributed by atoms with Crippen LogP contribution in [0.3, 0.4) is 0 Å². The lowest BCUT2D eigenvalue weighted by atomic mass is 9.98. The molecule has 1 fully saturated rings. The number of likely N-dealkylation sites (tertiary alicyclic amines) is 1. The summed E-state index contributed by atoms with van der Waals surface area (Å²) in [5.74, 6) is 1.15. The van der Waals surface area contributed by atoms with Gasteiger partial charge in [0.05, 0.1) is 5.75 Å². The van der Waals surface area contributed by atoms with E-state index >= 15 is 0 Å². The van der Waals surface area contributed by atoms with Crippen molar-refractivity contribution < 1.29 is 4.79 Å². The van der Waals surface area contributed by atoms with E-state index in [1.165, 1.54) is 18.2 Å². The minimum absolute atomic E-state index is 0.175. The van der Waals surface area contributed by atoms with Crippen LogP contribution in [-0.2, 0) is 4.79 Å². The zero-order chi connectivity index (χ0) is 16.6. The quantitative estimate of drug-likeness (QED) is 0.808. The highest BCUT2D eigenvalue weighted by Gasteiger charge is 2.28. The molecule has 0 saturated carbocycles. The molecule has 0 bridgehead atoms. The van der Waals surface area contributed by atoms with Crippen molar-refractivity contribution in [1.82, 2.24) is 24.5 Å². The molecule has 3 rings (SSSR count). The first-order valence-corrected chi connectivity index (χ1v) is 9.09. The summed E-state index contributed by atoms with van der Waals surface area (Å²) in [4.78, 5) is 23.4. The fourth-order valence-corrected chi connectivity index (χ4v) is 4.01. The number of aryl methyl sites for hydroxylation is 2. The van der Waals surface area contributed by atoms with Crippen LogP contribution in [0.15, 0.2) is 11.2 Å². The van der Waals surface area contributed by atoms with Crippen molar-refractivity contribution in [3.8, 4) is 0 Å². The Bertz CT molecular complexity index is 719. The summed E-state index contributed by atoms with van der Waals surface area (Å²) >= 11 is 1.39. The van der Waals surface area contributed by atoms with E-state index in [4.69, 9.17) is 0 Å². The molecule has 1 amide bonds. The number of piperidine rings is 1. The largest absolute Gasteiger partial charge is 0.337 e. The molecule has 124 valence electrons. The number of thioether (sulfide) groups is 1. The van der Waals surface area contributed by atoms with Gasteiger partial charge in [-0.25, -0.2) is 9.50 Å². The fourth-order valence-electron chi connectivity index (χ4n) is 3.32. The van der Waals surface area contributed by atoms with Gasteiger partial charge in [-0.2, -0.15) is 4.98 Å². The lowest BCUT2D eigenvalue weighted by molar-refractivity contribution is -0.134. The highest BCUT2D eigenvalue weighted by molar-refractivity contribution is 7.99. The molecular weight excluding hydrogens is 310 g/mol. The Balaban J connectivity index is 1.70. The number of hydrogen-bond acceptors (Lipinski definition) is 5. The summed E-state index contributed by atoms with van der Waals surface area (Å²) in [5, 5.41) is 5.05. The molecule has 0 radical (unpaired) electrons. The van der Waals surface area contributed by atoms with Crippen molar-refractivity contribution in [2.45, 2.75) is 64.2 Å². The Morgan fingerprint density at radius 1 is 1.26 bits per heavy atom. The Morgan fingerprint density at radius 3 is 2.65 bits per heavy atom. The molecule has 2 aromatic heterocycles. The summed E-state index contributed by atoms with van der Waals surface area (Å²) < 4.78 is 1.73. The smallest absolute Gasteiger partial charge is 0.253 e. The normalized spacial score (nSPS) is 21.8. The van der Waals surface area contributed by atoms with Gasteiger partial charge in [0.2, 0.25) is 11.1 Å². The van der Waals surface area contributed by atoms with E-state index in [1.807, 2.05) is 24.8 Å². The number of carbonyl (C=O) groups is 1. The summed E-state index contributed by atoms with van der Waals surface area (Å²) in [5.41, 5.74) is 1.92. The Morgan fingerprint density at radius 2 is 1.96 bits per heavy atom. The molecule has 0 unspecified atom stereocenters. The maximum Gasteiger partial charge on any atom is 0.253 e. The van der Waals surface area contributed by atoms with Crippen LogP contribution >= 0.6 is 11.8 Å². The molecule has 1 aliphatic heterocycles. The van der Waals surface area contributed by atoms with Gasteiger partial charge in [0.15, 0.2) is 0 Å². The third-order valence-electron chi connectivity index (χ3n) is 4.41. The van der Waals surface area contributed by atoms with E-state index in [0.717, 1.165) is 24.2 Å². The van der Waals surface area contributed by atoms with E-state index in [-0.39, 0.29) is 5.91 Å². The van der Waals surface area contributed by atoms with Gasteiger partial charge < -0.3 is 4.90 Å². The number of amides is 1. The standard InChI is InChI=1S/C16H23N5OS/c1-10-8-13(4)21-15(17-10)18-16(19-21)23-9-14(22)20-11(2)6-5-7-12(20)3/h8,11-12H,5-7,9H2,1-4H3/t11-,12-/m0/s1. The molecule has 0 spiro atoms. The number of rotatable bonds is 3. The summed E-state index contributed by atoms with van der Waals surface area (Å²) in [6.45, 7) is 8.19. The third kappa shape index (κ3) is 3.34. The van der Waals surface area contributed by atoms with Crippen LogP contribution in [0.1, 0.15) is 44.5 Å². The molecule has 1 saturated heterocycles. The van der Waals surface area contributed by atoms with Crippen LogP contribution in [0.25, 0.3) is 5.78 Å². The molecule has 0 aliphatic carbocycles. The van der Waals surface area contributed by atoms with E-state index in [9.17, 15) is 4.79 Å². The lowest BCUT2D eigenvalue weighted by Gasteiger charge is -2.39. The molecule has 6 nitrogen and oxygen atoms in total. The van der Waals surface area contributed by atoms with Gasteiger partial charge in [0, 0.05) is 23.5 Å². The van der Waals surface area contributed by atoms with Crippen LogP contribution in [-0.4, -0.2) is 48.2 Å². The second-order valence-corrected chi connectivity index (χ2v) is 7.31.